The minimum Gasteiger partial charge on any atom is -0.665 e. The van der Waals surface area contributed by atoms with Crippen molar-refractivity contribution in [2.45, 2.75) is 6.92 Å². The first kappa shape index (κ1) is 18.5. The first-order valence-corrected chi connectivity index (χ1v) is 3.94. The van der Waals surface area contributed by atoms with E-state index >= 15 is 0 Å². The van der Waals surface area contributed by atoms with Gasteiger partial charge in [0.2, 0.25) is 0 Å². The molecule has 12 heavy (non-hydrogen) atoms. The Hall–Kier alpha value is 0.763. The van der Waals surface area contributed by atoms with Crippen LogP contribution in [0.15, 0.2) is 0 Å². The predicted octanol–water partition coefficient (Wildman–Crippen LogP) is 1.56. The molecular weight excluding hydrogens is 229 g/mol. The second-order valence-corrected chi connectivity index (χ2v) is 2.48. The number of nitrogens with zero attached hydrogens (tertiary/aromatic N) is 3. The third-order valence-corrected chi connectivity index (χ3v) is 1.09. The summed E-state index contributed by atoms with van der Waals surface area (Å²) in [5, 5.41) is 7.67. The molecule has 0 aromatic heterocycles. The molecule has 0 aromatic carbocycles. The fourth-order valence-electron chi connectivity index (χ4n) is 0.300. The third kappa shape index (κ3) is 30.9. The first-order valence-electron chi connectivity index (χ1n) is 3.94. The van der Waals surface area contributed by atoms with E-state index in [9.17, 15) is 0 Å². The minimum absolute atomic E-state index is 0. The van der Waals surface area contributed by atoms with Crippen LogP contribution in [0.5, 0.6) is 0 Å². The van der Waals surface area contributed by atoms with Gasteiger partial charge in [-0.3, -0.25) is 0 Å². The number of hydrogen-bond donors (Lipinski definition) is 0. The molecule has 71 valence electrons. The van der Waals surface area contributed by atoms with Crippen LogP contribution in [0, 0.1) is 0 Å². The van der Waals surface area contributed by atoms with E-state index in [1.807, 2.05) is 28.1 Å². The molecule has 0 atom stereocenters. The van der Waals surface area contributed by atoms with Gasteiger partial charge in [-0.1, -0.05) is 6.92 Å². The monoisotopic (exact) mass is 249 g/mol. The fraction of sp³-hybridized carbons (Fsp3) is 1.00. The second kappa shape index (κ2) is 17.7. The first-order chi connectivity index (χ1) is 5.18. The van der Waals surface area contributed by atoms with Crippen LogP contribution in [-0.4, -0.2) is 52.7 Å². The Balaban J connectivity index is -0.000000142. The molecule has 0 rings (SSSR count). The van der Waals surface area contributed by atoms with Crippen molar-refractivity contribution < 1.29 is 26.2 Å². The van der Waals surface area contributed by atoms with Gasteiger partial charge in [0.1, 0.15) is 0 Å². The van der Waals surface area contributed by atoms with Crippen molar-refractivity contribution >= 4 is 0 Å². The maximum absolute atomic E-state index is 3.93. The summed E-state index contributed by atoms with van der Waals surface area (Å²) < 4.78 is 0. The largest absolute Gasteiger partial charge is 3.00 e. The molecule has 0 amide bonds. The number of likely N-dealkylation sites (N-methyl/N-ethyl adjacent to an activating group) is 2. The molecule has 0 N–H and O–H groups in total. The van der Waals surface area contributed by atoms with E-state index < -0.39 is 0 Å². The minimum atomic E-state index is 0. The molecule has 0 spiro atoms. The second-order valence-electron chi connectivity index (χ2n) is 2.48. The summed E-state index contributed by atoms with van der Waals surface area (Å²) in [5.41, 5.74) is 0. The maximum atomic E-state index is 3.93. The molecule has 0 bridgehead atoms. The van der Waals surface area contributed by atoms with Crippen molar-refractivity contribution in [1.29, 1.82) is 0 Å². The standard InChI is InChI=1S/C5H13N2.C3H8N.Zr/c1-6-4-5-7(2)3;1-3-4-2;/h4-5H2,1-3H3;3H2,1-2H3;/q2*-1;+3. The van der Waals surface area contributed by atoms with E-state index in [4.69, 9.17) is 0 Å². The average Bonchev–Trinajstić information content (AvgIpc) is 2.01. The molecule has 0 aliphatic rings. The third-order valence-electron chi connectivity index (χ3n) is 1.09. The number of rotatable bonds is 4. The summed E-state index contributed by atoms with van der Waals surface area (Å²) in [6.45, 7) is 4.98. The van der Waals surface area contributed by atoms with Crippen LogP contribution in [0.1, 0.15) is 6.92 Å². The molecule has 0 aliphatic carbocycles. The molecule has 3 nitrogen and oxygen atoms in total. The van der Waals surface area contributed by atoms with Gasteiger partial charge in [0.15, 0.2) is 0 Å². The van der Waals surface area contributed by atoms with Crippen molar-refractivity contribution in [3.8, 4) is 0 Å². The van der Waals surface area contributed by atoms with E-state index in [2.05, 4.69) is 15.5 Å². The van der Waals surface area contributed by atoms with E-state index in [1.54, 1.807) is 7.05 Å². The SMILES string of the molecule is CC[N-]C.C[N-]CCN(C)C.[Zr+3]. The van der Waals surface area contributed by atoms with Gasteiger partial charge >= 0.3 is 26.2 Å². The molecule has 0 saturated heterocycles. The summed E-state index contributed by atoms with van der Waals surface area (Å²) in [6, 6.07) is 0. The zero-order valence-corrected chi connectivity index (χ0v) is 11.4. The summed E-state index contributed by atoms with van der Waals surface area (Å²) in [7, 11) is 7.74. The van der Waals surface area contributed by atoms with E-state index in [0.717, 1.165) is 19.6 Å². The molecule has 0 aliphatic heterocycles. The van der Waals surface area contributed by atoms with Crippen LogP contribution in [0.4, 0.5) is 0 Å². The van der Waals surface area contributed by atoms with Crippen molar-refractivity contribution in [3.05, 3.63) is 10.6 Å². The van der Waals surface area contributed by atoms with Gasteiger partial charge in [-0.2, -0.15) is 20.6 Å². The smallest absolute Gasteiger partial charge is 0.665 e. The van der Waals surface area contributed by atoms with Crippen molar-refractivity contribution in [2.24, 2.45) is 0 Å². The van der Waals surface area contributed by atoms with Crippen molar-refractivity contribution in [3.63, 3.8) is 0 Å². The molecular formula is C8H21N3Zr+. The van der Waals surface area contributed by atoms with Crippen molar-refractivity contribution in [2.75, 3.05) is 47.8 Å². The van der Waals surface area contributed by atoms with Crippen LogP contribution < -0.4 is 0 Å². The molecule has 4 heteroatoms. The van der Waals surface area contributed by atoms with Gasteiger partial charge in [-0.25, -0.2) is 0 Å². The molecule has 0 heterocycles. The molecule has 0 aromatic rings. The van der Waals surface area contributed by atoms with Gasteiger partial charge in [0.05, 0.1) is 0 Å². The quantitative estimate of drug-likeness (QED) is 0.745. The fourth-order valence-corrected chi connectivity index (χ4v) is 0.300. The number of hydrogen-bond acceptors (Lipinski definition) is 1. The van der Waals surface area contributed by atoms with Gasteiger partial charge < -0.3 is 15.5 Å². The average molecular weight is 251 g/mol. The van der Waals surface area contributed by atoms with Gasteiger partial charge in [-0.05, 0) is 20.6 Å². The Labute approximate surface area is 96.4 Å². The molecule has 1 radical (unpaired) electrons. The van der Waals surface area contributed by atoms with Crippen LogP contribution in [0.3, 0.4) is 0 Å². The van der Waals surface area contributed by atoms with E-state index in [1.165, 1.54) is 0 Å². The van der Waals surface area contributed by atoms with Gasteiger partial charge in [0, 0.05) is 0 Å². The Morgan fingerprint density at radius 2 is 1.50 bits per heavy atom. The van der Waals surface area contributed by atoms with E-state index in [0.29, 0.717) is 0 Å². The summed E-state index contributed by atoms with van der Waals surface area (Å²) >= 11 is 0. The Bertz CT molecular complexity index is 58.3. The van der Waals surface area contributed by atoms with E-state index in [-0.39, 0.29) is 26.2 Å². The summed E-state index contributed by atoms with van der Waals surface area (Å²) in [4.78, 5) is 2.12. The summed E-state index contributed by atoms with van der Waals surface area (Å²) in [5.74, 6) is 0. The van der Waals surface area contributed by atoms with Crippen LogP contribution in [0.25, 0.3) is 10.6 Å². The molecule has 0 saturated carbocycles. The topological polar surface area (TPSA) is 31.4 Å². The molecule has 0 unspecified atom stereocenters. The zero-order chi connectivity index (χ0) is 9.11. The van der Waals surface area contributed by atoms with Gasteiger partial charge in [-0.15, -0.1) is 6.54 Å². The van der Waals surface area contributed by atoms with Crippen LogP contribution in [-0.2, 0) is 26.2 Å². The Kier molecular flexibility index (Phi) is 27.4. The van der Waals surface area contributed by atoms with Crippen molar-refractivity contribution in [1.82, 2.24) is 4.90 Å². The maximum Gasteiger partial charge on any atom is 3.00 e. The molecule has 0 fully saturated rings. The van der Waals surface area contributed by atoms with Crippen LogP contribution in [0.2, 0.25) is 0 Å². The normalized spacial score (nSPS) is 8.50. The zero-order valence-electron chi connectivity index (χ0n) is 8.96. The summed E-state index contributed by atoms with van der Waals surface area (Å²) in [6.07, 6.45) is 0. The van der Waals surface area contributed by atoms with Gasteiger partial charge in [0.25, 0.3) is 0 Å². The predicted molar refractivity (Wildman–Crippen MR) is 52.5 cm³/mol. The Morgan fingerprint density at radius 1 is 1.08 bits per heavy atom. The Morgan fingerprint density at radius 3 is 1.58 bits per heavy atom. The van der Waals surface area contributed by atoms with Crippen LogP contribution >= 0.6 is 0 Å².